The second-order valence-corrected chi connectivity index (χ2v) is 10.9. The van der Waals surface area contributed by atoms with E-state index in [1.807, 2.05) is 39.5 Å². The molecule has 1 saturated carbocycles. The summed E-state index contributed by atoms with van der Waals surface area (Å²) in [6.45, 7) is 2.47. The van der Waals surface area contributed by atoms with Crippen LogP contribution in [-0.2, 0) is 16.4 Å². The van der Waals surface area contributed by atoms with Crippen LogP contribution < -0.4 is 4.90 Å². The summed E-state index contributed by atoms with van der Waals surface area (Å²) in [5, 5.41) is 0. The summed E-state index contributed by atoms with van der Waals surface area (Å²) in [6.07, 6.45) is 7.09. The number of carbonyl (C=O) groups excluding carboxylic acids is 1. The molecule has 1 saturated heterocycles. The maximum atomic E-state index is 13.6. The number of nitrogens with zero attached hydrogens (tertiary/aromatic N) is 2. The van der Waals surface area contributed by atoms with Crippen LogP contribution in [0.25, 0.3) is 0 Å². The maximum Gasteiger partial charge on any atom is 0.258 e. The number of hydrogen-bond acceptors (Lipinski definition) is 2. The molecule has 1 aliphatic carbocycles. The minimum absolute atomic E-state index is 0.0125. The van der Waals surface area contributed by atoms with Crippen molar-refractivity contribution < 1.29 is 9.00 Å². The van der Waals surface area contributed by atoms with Gasteiger partial charge in [0.1, 0.15) is 11.0 Å². The number of rotatable bonds is 3. The minimum atomic E-state index is -1.17. The third-order valence-electron chi connectivity index (χ3n) is 6.67. The standard InChI is InChI=1S/C23H25BrN2O2S/c24-18-8-9-21-20(15-18)23(10-2-1-3-11-23)16-26(21)22(27)17-6-4-7-19(14-17)29(28)25-12-5-13-25/h4,6-9,14-15H,1-3,5,10-13,16H2. The van der Waals surface area contributed by atoms with E-state index >= 15 is 0 Å². The van der Waals surface area contributed by atoms with Crippen LogP contribution in [-0.4, -0.2) is 34.1 Å². The first-order valence-corrected chi connectivity index (χ1v) is 12.4. The molecule has 2 heterocycles. The van der Waals surface area contributed by atoms with Gasteiger partial charge in [0.25, 0.3) is 5.91 Å². The van der Waals surface area contributed by atoms with Gasteiger partial charge in [-0.3, -0.25) is 4.79 Å². The van der Waals surface area contributed by atoms with Crippen LogP contribution in [0.5, 0.6) is 0 Å². The first kappa shape index (κ1) is 19.5. The third-order valence-corrected chi connectivity index (χ3v) is 8.65. The molecule has 2 fully saturated rings. The number of fused-ring (bicyclic) bond motifs is 2. The van der Waals surface area contributed by atoms with E-state index in [9.17, 15) is 9.00 Å². The number of halogens is 1. The average Bonchev–Trinajstić information content (AvgIpc) is 3.00. The highest BCUT2D eigenvalue weighted by Crippen LogP contribution is 2.50. The highest BCUT2D eigenvalue weighted by molar-refractivity contribution is 9.10. The Bertz CT molecular complexity index is 983. The number of hydrogen-bond donors (Lipinski definition) is 0. The normalized spacial score (nSPS) is 21.6. The summed E-state index contributed by atoms with van der Waals surface area (Å²) in [5.74, 6) is 0.0125. The summed E-state index contributed by atoms with van der Waals surface area (Å²) in [6, 6.07) is 13.7. The molecule has 5 rings (SSSR count). The Balaban J connectivity index is 1.48. The van der Waals surface area contributed by atoms with Crippen LogP contribution in [0.15, 0.2) is 51.8 Å². The molecule has 1 atom stereocenters. The lowest BCUT2D eigenvalue weighted by Crippen LogP contribution is -2.39. The number of benzene rings is 2. The Labute approximate surface area is 183 Å². The summed E-state index contributed by atoms with van der Waals surface area (Å²) >= 11 is 3.63. The molecule has 1 amide bonds. The van der Waals surface area contributed by atoms with Crippen LogP contribution in [0, 0.1) is 0 Å². The molecule has 6 heteroatoms. The van der Waals surface area contributed by atoms with Crippen LogP contribution >= 0.6 is 15.9 Å². The van der Waals surface area contributed by atoms with E-state index in [2.05, 4.69) is 28.1 Å². The van der Waals surface area contributed by atoms with Crippen LogP contribution in [0.2, 0.25) is 0 Å². The largest absolute Gasteiger partial charge is 0.307 e. The van der Waals surface area contributed by atoms with Gasteiger partial charge in [0.2, 0.25) is 0 Å². The molecule has 4 nitrogen and oxygen atoms in total. The van der Waals surface area contributed by atoms with Gasteiger partial charge < -0.3 is 4.90 Å². The lowest BCUT2D eigenvalue weighted by atomic mass is 9.71. The molecule has 0 radical (unpaired) electrons. The smallest absolute Gasteiger partial charge is 0.258 e. The van der Waals surface area contributed by atoms with E-state index in [0.29, 0.717) is 5.56 Å². The first-order valence-electron chi connectivity index (χ1n) is 10.5. The Morgan fingerprint density at radius 2 is 1.79 bits per heavy atom. The van der Waals surface area contributed by atoms with Gasteiger partial charge in [0.05, 0.1) is 4.90 Å². The minimum Gasteiger partial charge on any atom is -0.307 e. The zero-order valence-corrected chi connectivity index (χ0v) is 18.8. The van der Waals surface area contributed by atoms with E-state index in [4.69, 9.17) is 0 Å². The van der Waals surface area contributed by atoms with E-state index in [-0.39, 0.29) is 11.3 Å². The summed E-state index contributed by atoms with van der Waals surface area (Å²) in [7, 11) is -1.17. The zero-order chi connectivity index (χ0) is 20.0. The van der Waals surface area contributed by atoms with Gasteiger partial charge in [-0.2, -0.15) is 0 Å². The van der Waals surface area contributed by atoms with Crippen LogP contribution in [0.4, 0.5) is 5.69 Å². The fourth-order valence-corrected chi connectivity index (χ4v) is 6.65. The third kappa shape index (κ3) is 3.39. The van der Waals surface area contributed by atoms with Gasteiger partial charge in [-0.05, 0) is 61.2 Å². The molecule has 29 heavy (non-hydrogen) atoms. The van der Waals surface area contributed by atoms with Crippen LogP contribution in [0.1, 0.15) is 54.4 Å². The van der Waals surface area contributed by atoms with Gasteiger partial charge in [-0.1, -0.05) is 41.3 Å². The van der Waals surface area contributed by atoms with E-state index in [1.54, 1.807) is 0 Å². The molecule has 2 aromatic carbocycles. The van der Waals surface area contributed by atoms with Crippen molar-refractivity contribution >= 4 is 38.5 Å². The van der Waals surface area contributed by atoms with E-state index in [1.165, 1.54) is 24.8 Å². The molecule has 2 aromatic rings. The molecule has 0 N–H and O–H groups in total. The van der Waals surface area contributed by atoms with E-state index < -0.39 is 11.0 Å². The highest BCUT2D eigenvalue weighted by atomic mass is 79.9. The molecule has 1 unspecified atom stereocenters. The summed E-state index contributed by atoms with van der Waals surface area (Å²) in [4.78, 5) is 16.2. The Hall–Kier alpha value is -1.50. The summed E-state index contributed by atoms with van der Waals surface area (Å²) in [5.41, 5.74) is 3.04. The molecular formula is C23H25BrN2O2S. The molecule has 1 spiro atoms. The monoisotopic (exact) mass is 472 g/mol. The zero-order valence-electron chi connectivity index (χ0n) is 16.4. The number of amides is 1. The fourth-order valence-electron chi connectivity index (χ4n) is 4.97. The SMILES string of the molecule is O=C(c1cccc(S(=O)N2CCC2)c1)N1CC2(CCCCC2)c2cc(Br)ccc21. The highest BCUT2D eigenvalue weighted by Gasteiger charge is 2.45. The Morgan fingerprint density at radius 3 is 2.52 bits per heavy atom. The topological polar surface area (TPSA) is 40.6 Å². The molecular weight excluding hydrogens is 448 g/mol. The second kappa shape index (κ2) is 7.64. The fraction of sp³-hybridized carbons (Fsp3) is 0.435. The lowest BCUT2D eigenvalue weighted by molar-refractivity contribution is 0.0982. The first-order chi connectivity index (χ1) is 14.1. The van der Waals surface area contributed by atoms with Crippen molar-refractivity contribution in [1.29, 1.82) is 0 Å². The molecule has 0 bridgehead atoms. The predicted molar refractivity (Wildman–Crippen MR) is 120 cm³/mol. The Morgan fingerprint density at radius 1 is 1.00 bits per heavy atom. The van der Waals surface area contributed by atoms with Gasteiger partial charge >= 0.3 is 0 Å². The molecule has 152 valence electrons. The Kier molecular flexibility index (Phi) is 5.13. The van der Waals surface area contributed by atoms with Gasteiger partial charge in [-0.15, -0.1) is 0 Å². The average molecular weight is 473 g/mol. The molecule has 3 aliphatic rings. The van der Waals surface area contributed by atoms with Crippen molar-refractivity contribution in [2.24, 2.45) is 0 Å². The van der Waals surface area contributed by atoms with E-state index in [0.717, 1.165) is 54.0 Å². The quantitative estimate of drug-likeness (QED) is 0.627. The number of anilines is 1. The van der Waals surface area contributed by atoms with Crippen molar-refractivity contribution in [3.63, 3.8) is 0 Å². The van der Waals surface area contributed by atoms with Crippen molar-refractivity contribution in [2.75, 3.05) is 24.5 Å². The molecule has 2 aliphatic heterocycles. The van der Waals surface area contributed by atoms with Gasteiger partial charge in [-0.25, -0.2) is 8.51 Å². The van der Waals surface area contributed by atoms with Gasteiger partial charge in [0, 0.05) is 40.8 Å². The number of carbonyl (C=O) groups is 1. The maximum absolute atomic E-state index is 13.6. The van der Waals surface area contributed by atoms with Crippen molar-refractivity contribution in [3.8, 4) is 0 Å². The summed E-state index contributed by atoms with van der Waals surface area (Å²) < 4.78 is 15.7. The van der Waals surface area contributed by atoms with Crippen molar-refractivity contribution in [2.45, 2.75) is 48.8 Å². The predicted octanol–water partition coefficient (Wildman–Crippen LogP) is 5.04. The van der Waals surface area contributed by atoms with Crippen molar-refractivity contribution in [1.82, 2.24) is 4.31 Å². The molecule has 0 aromatic heterocycles. The van der Waals surface area contributed by atoms with Crippen molar-refractivity contribution in [3.05, 3.63) is 58.1 Å². The van der Waals surface area contributed by atoms with Gasteiger partial charge in [0.15, 0.2) is 0 Å². The second-order valence-electron chi connectivity index (χ2n) is 8.45. The van der Waals surface area contributed by atoms with Crippen LogP contribution in [0.3, 0.4) is 0 Å². The lowest BCUT2D eigenvalue weighted by Gasteiger charge is -2.34.